The van der Waals surface area contributed by atoms with Gasteiger partial charge < -0.3 is 14.8 Å². The van der Waals surface area contributed by atoms with Crippen molar-refractivity contribution in [1.82, 2.24) is 10.3 Å². The highest BCUT2D eigenvalue weighted by molar-refractivity contribution is 5.42. The lowest BCUT2D eigenvalue weighted by Gasteiger charge is -2.15. The molecule has 1 N–H and O–H groups in total. The van der Waals surface area contributed by atoms with Gasteiger partial charge in [-0.3, -0.25) is 4.98 Å². The zero-order valence-electron chi connectivity index (χ0n) is 12.6. The molecule has 0 spiro atoms. The second kappa shape index (κ2) is 5.74. The first-order valence-electron chi connectivity index (χ1n) is 7.15. The van der Waals surface area contributed by atoms with Crippen LogP contribution in [0.3, 0.4) is 0 Å². The second-order valence-corrected chi connectivity index (χ2v) is 5.33. The molecule has 1 atom stereocenters. The lowest BCUT2D eigenvalue weighted by Crippen LogP contribution is -2.23. The fourth-order valence-corrected chi connectivity index (χ4v) is 2.80. The molecule has 1 aliphatic heterocycles. The lowest BCUT2D eigenvalue weighted by molar-refractivity contribution is 0.310. The van der Waals surface area contributed by atoms with E-state index in [0.29, 0.717) is 13.2 Å². The van der Waals surface area contributed by atoms with Gasteiger partial charge in [0, 0.05) is 29.4 Å². The van der Waals surface area contributed by atoms with Crippen LogP contribution in [0.4, 0.5) is 0 Å². The Kier molecular flexibility index (Phi) is 3.80. The molecule has 0 fully saturated rings. The summed E-state index contributed by atoms with van der Waals surface area (Å²) in [5.41, 5.74) is 4.39. The van der Waals surface area contributed by atoms with E-state index in [9.17, 15) is 0 Å². The van der Waals surface area contributed by atoms with Crippen LogP contribution in [0, 0.1) is 13.8 Å². The Hall–Kier alpha value is -2.07. The van der Waals surface area contributed by atoms with Gasteiger partial charge in [-0.25, -0.2) is 0 Å². The van der Waals surface area contributed by atoms with Crippen molar-refractivity contribution in [2.45, 2.75) is 26.4 Å². The number of ether oxygens (including phenoxy) is 2. The minimum absolute atomic E-state index is 0.217. The Balaban J connectivity index is 1.75. The van der Waals surface area contributed by atoms with Crippen LogP contribution in [0.15, 0.2) is 30.5 Å². The van der Waals surface area contributed by atoms with Crippen LogP contribution >= 0.6 is 0 Å². The molecule has 0 bridgehead atoms. The molecular formula is C17H20N2O2. The monoisotopic (exact) mass is 284 g/mol. The number of pyridine rings is 1. The number of nitrogens with one attached hydrogen (secondary N) is 1. The minimum Gasteiger partial charge on any atom is -0.496 e. The lowest BCUT2D eigenvalue weighted by atomic mass is 10.1. The van der Waals surface area contributed by atoms with Gasteiger partial charge in [0.1, 0.15) is 18.1 Å². The van der Waals surface area contributed by atoms with Crippen molar-refractivity contribution in [2.75, 3.05) is 13.7 Å². The van der Waals surface area contributed by atoms with E-state index >= 15 is 0 Å². The van der Waals surface area contributed by atoms with Gasteiger partial charge in [0.05, 0.1) is 18.8 Å². The molecule has 0 radical (unpaired) electrons. The molecule has 4 nitrogen and oxygen atoms in total. The number of nitrogens with zero attached hydrogens (tertiary/aromatic N) is 1. The third kappa shape index (κ3) is 2.59. The van der Waals surface area contributed by atoms with E-state index in [-0.39, 0.29) is 6.04 Å². The zero-order valence-corrected chi connectivity index (χ0v) is 12.6. The number of fused-ring (bicyclic) bond motifs is 1. The molecule has 21 heavy (non-hydrogen) atoms. The van der Waals surface area contributed by atoms with Crippen molar-refractivity contribution in [3.8, 4) is 11.5 Å². The van der Waals surface area contributed by atoms with E-state index in [1.165, 1.54) is 5.56 Å². The highest BCUT2D eigenvalue weighted by atomic mass is 16.5. The summed E-state index contributed by atoms with van der Waals surface area (Å²) in [5.74, 6) is 1.89. The average molecular weight is 284 g/mol. The molecule has 1 aromatic carbocycles. The first-order valence-corrected chi connectivity index (χ1v) is 7.15. The molecule has 0 aliphatic carbocycles. The fraction of sp³-hybridized carbons (Fsp3) is 0.353. The second-order valence-electron chi connectivity index (χ2n) is 5.33. The predicted octanol–water partition coefficient (Wildman–Crippen LogP) is 2.93. The molecule has 1 aliphatic rings. The molecular weight excluding hydrogens is 264 g/mol. The predicted molar refractivity (Wildman–Crippen MR) is 81.8 cm³/mol. The van der Waals surface area contributed by atoms with Gasteiger partial charge in [0.2, 0.25) is 0 Å². The number of methoxy groups -OCH3 is 1. The molecule has 4 heteroatoms. The quantitative estimate of drug-likeness (QED) is 0.937. The van der Waals surface area contributed by atoms with Crippen LogP contribution in [0.1, 0.15) is 28.4 Å². The fourth-order valence-electron chi connectivity index (χ4n) is 2.80. The van der Waals surface area contributed by atoms with Gasteiger partial charge in [-0.05, 0) is 19.9 Å². The van der Waals surface area contributed by atoms with E-state index in [1.807, 2.05) is 31.3 Å². The maximum Gasteiger partial charge on any atom is 0.128 e. The van der Waals surface area contributed by atoms with Crippen LogP contribution in [0.5, 0.6) is 11.5 Å². The molecule has 0 saturated carbocycles. The van der Waals surface area contributed by atoms with Gasteiger partial charge >= 0.3 is 0 Å². The molecule has 2 heterocycles. The molecule has 1 unspecified atom stereocenters. The van der Waals surface area contributed by atoms with Gasteiger partial charge in [-0.1, -0.05) is 18.2 Å². The Morgan fingerprint density at radius 2 is 2.14 bits per heavy atom. The van der Waals surface area contributed by atoms with Crippen LogP contribution in [0.25, 0.3) is 0 Å². The van der Waals surface area contributed by atoms with Gasteiger partial charge in [0.15, 0.2) is 0 Å². The molecule has 3 rings (SSSR count). The maximum absolute atomic E-state index is 5.69. The number of hydrogen-bond donors (Lipinski definition) is 1. The summed E-state index contributed by atoms with van der Waals surface area (Å²) in [6, 6.07) is 8.37. The summed E-state index contributed by atoms with van der Waals surface area (Å²) in [6.07, 6.45) is 1.86. The molecule has 0 amide bonds. The third-order valence-corrected chi connectivity index (χ3v) is 3.97. The van der Waals surface area contributed by atoms with Gasteiger partial charge in [-0.2, -0.15) is 0 Å². The normalized spacial score (nSPS) is 16.4. The van der Waals surface area contributed by atoms with Crippen molar-refractivity contribution >= 4 is 0 Å². The summed E-state index contributed by atoms with van der Waals surface area (Å²) >= 11 is 0. The third-order valence-electron chi connectivity index (χ3n) is 3.97. The number of aromatic nitrogens is 1. The number of benzene rings is 1. The summed E-state index contributed by atoms with van der Waals surface area (Å²) in [7, 11) is 1.70. The van der Waals surface area contributed by atoms with E-state index in [0.717, 1.165) is 28.3 Å². The van der Waals surface area contributed by atoms with E-state index in [1.54, 1.807) is 7.11 Å². The number of hydrogen-bond acceptors (Lipinski definition) is 4. The summed E-state index contributed by atoms with van der Waals surface area (Å²) in [6.45, 7) is 5.43. The van der Waals surface area contributed by atoms with Crippen LogP contribution in [-0.4, -0.2) is 18.7 Å². The Morgan fingerprint density at radius 3 is 2.95 bits per heavy atom. The summed E-state index contributed by atoms with van der Waals surface area (Å²) < 4.78 is 11.1. The maximum atomic E-state index is 5.69. The van der Waals surface area contributed by atoms with Gasteiger partial charge in [0.25, 0.3) is 0 Å². The molecule has 0 saturated heterocycles. The smallest absolute Gasteiger partial charge is 0.128 e. The van der Waals surface area contributed by atoms with Crippen molar-refractivity contribution < 1.29 is 9.47 Å². The highest BCUT2D eigenvalue weighted by Crippen LogP contribution is 2.32. The molecule has 110 valence electrons. The largest absolute Gasteiger partial charge is 0.496 e. The van der Waals surface area contributed by atoms with E-state index in [2.05, 4.69) is 23.3 Å². The van der Waals surface area contributed by atoms with Crippen LogP contribution < -0.4 is 14.8 Å². The average Bonchev–Trinajstić information content (AvgIpc) is 2.90. The molecule has 2 aromatic rings. The molecule has 1 aromatic heterocycles. The number of aryl methyl sites for hydroxylation is 1. The van der Waals surface area contributed by atoms with Crippen molar-refractivity contribution in [3.05, 3.63) is 52.8 Å². The number of para-hydroxylation sites is 1. The summed E-state index contributed by atoms with van der Waals surface area (Å²) in [4.78, 5) is 4.52. The Morgan fingerprint density at radius 1 is 1.33 bits per heavy atom. The Bertz CT molecular complexity index is 655. The van der Waals surface area contributed by atoms with Crippen molar-refractivity contribution in [2.24, 2.45) is 0 Å². The Labute approximate surface area is 125 Å². The van der Waals surface area contributed by atoms with Crippen LogP contribution in [-0.2, 0) is 6.54 Å². The van der Waals surface area contributed by atoms with E-state index in [4.69, 9.17) is 9.47 Å². The SMILES string of the molecule is COc1c(C)cnc(CNC2COc3ccccc32)c1C. The van der Waals surface area contributed by atoms with Gasteiger partial charge in [-0.15, -0.1) is 0 Å². The first-order chi connectivity index (χ1) is 10.2. The first kappa shape index (κ1) is 13.9. The summed E-state index contributed by atoms with van der Waals surface area (Å²) in [5, 5.41) is 3.52. The standard InChI is InChI=1S/C17H20N2O2/c1-11-8-18-14(12(2)17(11)20-3)9-19-15-10-21-16-7-5-4-6-13(15)16/h4-8,15,19H,9-10H2,1-3H3. The number of rotatable bonds is 4. The topological polar surface area (TPSA) is 43.4 Å². The van der Waals surface area contributed by atoms with Crippen molar-refractivity contribution in [3.63, 3.8) is 0 Å². The zero-order chi connectivity index (χ0) is 14.8. The van der Waals surface area contributed by atoms with E-state index < -0.39 is 0 Å². The van der Waals surface area contributed by atoms with Crippen LogP contribution in [0.2, 0.25) is 0 Å². The minimum atomic E-state index is 0.217. The highest BCUT2D eigenvalue weighted by Gasteiger charge is 2.23. The van der Waals surface area contributed by atoms with Crippen molar-refractivity contribution in [1.29, 1.82) is 0 Å².